The van der Waals surface area contributed by atoms with Gasteiger partial charge in [-0.3, -0.25) is 0 Å². The number of halogens is 4. The minimum atomic E-state index is -4.20. The summed E-state index contributed by atoms with van der Waals surface area (Å²) in [5.74, 6) is 0.643. The molecule has 0 aliphatic rings. The Morgan fingerprint density at radius 3 is 2.50 bits per heavy atom. The summed E-state index contributed by atoms with van der Waals surface area (Å²) in [4.78, 5) is 0. The van der Waals surface area contributed by atoms with Gasteiger partial charge in [0.25, 0.3) is 0 Å². The molecule has 0 aromatic heterocycles. The number of rotatable bonds is 7. The van der Waals surface area contributed by atoms with E-state index in [1.54, 1.807) is 0 Å². The van der Waals surface area contributed by atoms with Crippen molar-refractivity contribution < 1.29 is 17.9 Å². The van der Waals surface area contributed by atoms with Gasteiger partial charge in [-0.05, 0) is 36.7 Å². The zero-order valence-electron chi connectivity index (χ0n) is 9.62. The Morgan fingerprint density at radius 1 is 1.22 bits per heavy atom. The van der Waals surface area contributed by atoms with Crippen molar-refractivity contribution in [3.63, 3.8) is 0 Å². The molecular formula is C12H14ClF3OS. The lowest BCUT2D eigenvalue weighted by atomic mass is 10.2. The average Bonchev–Trinajstić information content (AvgIpc) is 2.33. The van der Waals surface area contributed by atoms with E-state index in [0.717, 1.165) is 5.75 Å². The number of ether oxygens (including phenoxy) is 1. The van der Waals surface area contributed by atoms with Gasteiger partial charge in [0.1, 0.15) is 5.75 Å². The monoisotopic (exact) mass is 298 g/mol. The molecular weight excluding hydrogens is 285 g/mol. The molecule has 1 unspecified atom stereocenters. The van der Waals surface area contributed by atoms with Gasteiger partial charge in [-0.25, -0.2) is 0 Å². The summed E-state index contributed by atoms with van der Waals surface area (Å²) in [6.45, 7) is 0.462. The fourth-order valence-corrected chi connectivity index (χ4v) is 2.16. The largest absolute Gasteiger partial charge is 0.494 e. The van der Waals surface area contributed by atoms with Crippen LogP contribution in [0.5, 0.6) is 5.75 Å². The van der Waals surface area contributed by atoms with E-state index in [-0.39, 0.29) is 17.5 Å². The van der Waals surface area contributed by atoms with Gasteiger partial charge in [-0.1, -0.05) is 18.2 Å². The summed E-state index contributed by atoms with van der Waals surface area (Å²) in [6.07, 6.45) is 1.15. The van der Waals surface area contributed by atoms with Crippen LogP contribution in [0.25, 0.3) is 0 Å². The van der Waals surface area contributed by atoms with Crippen molar-refractivity contribution in [2.45, 2.75) is 23.7 Å². The Labute approximate surface area is 114 Å². The summed E-state index contributed by atoms with van der Waals surface area (Å²) >= 11 is 5.72. The molecule has 0 spiro atoms. The second-order valence-corrected chi connectivity index (χ2v) is 5.36. The van der Waals surface area contributed by atoms with Gasteiger partial charge < -0.3 is 4.74 Å². The Morgan fingerprint density at radius 2 is 1.89 bits per heavy atom. The molecule has 0 bridgehead atoms. The molecule has 0 N–H and O–H groups in total. The number of hydrogen-bond donors (Lipinski definition) is 0. The van der Waals surface area contributed by atoms with Gasteiger partial charge in [0, 0.05) is 11.1 Å². The Bertz CT molecular complexity index is 332. The third-order valence-corrected chi connectivity index (χ3v) is 3.55. The predicted molar refractivity (Wildman–Crippen MR) is 69.3 cm³/mol. The normalized spacial score (nSPS) is 13.3. The van der Waals surface area contributed by atoms with Gasteiger partial charge in [0.05, 0.1) is 6.61 Å². The number of hydrogen-bond acceptors (Lipinski definition) is 2. The smallest absolute Gasteiger partial charge is 0.441 e. The van der Waals surface area contributed by atoms with Gasteiger partial charge in [-0.15, -0.1) is 11.6 Å². The van der Waals surface area contributed by atoms with E-state index in [9.17, 15) is 13.2 Å². The van der Waals surface area contributed by atoms with E-state index in [1.807, 2.05) is 30.3 Å². The van der Waals surface area contributed by atoms with Crippen LogP contribution in [-0.4, -0.2) is 23.2 Å². The molecule has 0 saturated carbocycles. The van der Waals surface area contributed by atoms with Crippen molar-refractivity contribution in [2.75, 3.05) is 12.4 Å². The predicted octanol–water partition coefficient (Wildman–Crippen LogP) is 4.71. The van der Waals surface area contributed by atoms with Crippen molar-refractivity contribution in [2.24, 2.45) is 0 Å². The molecule has 1 aromatic rings. The van der Waals surface area contributed by atoms with E-state index in [4.69, 9.17) is 16.3 Å². The molecule has 18 heavy (non-hydrogen) atoms. The second kappa shape index (κ2) is 7.79. The van der Waals surface area contributed by atoms with Crippen LogP contribution in [0.2, 0.25) is 0 Å². The van der Waals surface area contributed by atoms with Crippen LogP contribution in [0.15, 0.2) is 30.3 Å². The molecule has 0 saturated heterocycles. The quantitative estimate of drug-likeness (QED) is 0.533. The maximum atomic E-state index is 11.9. The lowest BCUT2D eigenvalue weighted by Crippen LogP contribution is -2.10. The highest BCUT2D eigenvalue weighted by Gasteiger charge is 2.28. The van der Waals surface area contributed by atoms with Crippen LogP contribution in [0.1, 0.15) is 12.8 Å². The van der Waals surface area contributed by atoms with Crippen molar-refractivity contribution in [3.05, 3.63) is 30.3 Å². The number of para-hydroxylation sites is 1. The third-order valence-electron chi connectivity index (χ3n) is 2.10. The summed E-state index contributed by atoms with van der Waals surface area (Å²) in [5, 5.41) is -0.476. The van der Waals surface area contributed by atoms with Crippen molar-refractivity contribution >= 4 is 23.4 Å². The van der Waals surface area contributed by atoms with E-state index >= 15 is 0 Å². The molecule has 6 heteroatoms. The van der Waals surface area contributed by atoms with Gasteiger partial charge in [0.2, 0.25) is 0 Å². The van der Waals surface area contributed by atoms with Gasteiger partial charge in [-0.2, -0.15) is 13.2 Å². The molecule has 0 aliphatic carbocycles. The minimum absolute atomic E-state index is 0.0767. The Balaban J connectivity index is 2.07. The van der Waals surface area contributed by atoms with Crippen LogP contribution >= 0.6 is 23.4 Å². The first kappa shape index (κ1) is 15.5. The minimum Gasteiger partial charge on any atom is -0.494 e. The maximum absolute atomic E-state index is 11.9. The second-order valence-electron chi connectivity index (χ2n) is 3.66. The Hall–Kier alpha value is -0.550. The van der Waals surface area contributed by atoms with Crippen LogP contribution < -0.4 is 4.74 Å². The fraction of sp³-hybridized carbons (Fsp3) is 0.500. The highest BCUT2D eigenvalue weighted by Crippen LogP contribution is 2.32. The third kappa shape index (κ3) is 7.71. The highest BCUT2D eigenvalue weighted by molar-refractivity contribution is 8.00. The van der Waals surface area contributed by atoms with Crippen molar-refractivity contribution in [1.29, 1.82) is 0 Å². The van der Waals surface area contributed by atoms with E-state index < -0.39 is 10.9 Å². The molecule has 1 aromatic carbocycles. The summed E-state index contributed by atoms with van der Waals surface area (Å²) < 4.78 is 41.1. The van der Waals surface area contributed by atoms with E-state index in [0.29, 0.717) is 19.4 Å². The first-order valence-electron chi connectivity index (χ1n) is 5.50. The zero-order valence-corrected chi connectivity index (χ0v) is 11.2. The van der Waals surface area contributed by atoms with Crippen molar-refractivity contribution in [3.8, 4) is 5.75 Å². The fourth-order valence-electron chi connectivity index (χ4n) is 1.28. The molecule has 1 atom stereocenters. The highest BCUT2D eigenvalue weighted by atomic mass is 35.5. The first-order chi connectivity index (χ1) is 8.47. The average molecular weight is 299 g/mol. The number of benzene rings is 1. The van der Waals surface area contributed by atoms with E-state index in [1.165, 1.54) is 0 Å². The summed E-state index contributed by atoms with van der Waals surface area (Å²) in [6, 6.07) is 9.27. The summed E-state index contributed by atoms with van der Waals surface area (Å²) in [5.41, 5.74) is -4.20. The molecule has 0 amide bonds. The topological polar surface area (TPSA) is 9.23 Å². The Kier molecular flexibility index (Phi) is 6.71. The molecule has 1 rings (SSSR count). The van der Waals surface area contributed by atoms with Crippen LogP contribution in [0, 0.1) is 0 Å². The molecule has 0 radical (unpaired) electrons. The van der Waals surface area contributed by atoms with Gasteiger partial charge in [0.15, 0.2) is 0 Å². The summed E-state index contributed by atoms with van der Waals surface area (Å²) in [7, 11) is 0. The maximum Gasteiger partial charge on any atom is 0.441 e. The van der Waals surface area contributed by atoms with Gasteiger partial charge >= 0.3 is 5.51 Å². The lowest BCUT2D eigenvalue weighted by Gasteiger charge is -2.11. The zero-order chi connectivity index (χ0) is 13.4. The molecule has 102 valence electrons. The molecule has 0 aliphatic heterocycles. The lowest BCUT2D eigenvalue weighted by molar-refractivity contribution is -0.0327. The standard InChI is InChI=1S/C12H14ClF3OS/c13-10(9-18-12(14,15)16)5-4-8-17-11-6-2-1-3-7-11/h1-3,6-7,10H,4-5,8-9H2. The number of alkyl halides is 4. The van der Waals surface area contributed by atoms with Crippen LogP contribution in [0.4, 0.5) is 13.2 Å². The molecule has 1 nitrogen and oxygen atoms in total. The molecule has 0 heterocycles. The number of thioether (sulfide) groups is 1. The van der Waals surface area contributed by atoms with Crippen LogP contribution in [-0.2, 0) is 0 Å². The van der Waals surface area contributed by atoms with E-state index in [2.05, 4.69) is 0 Å². The molecule has 0 fully saturated rings. The van der Waals surface area contributed by atoms with Crippen LogP contribution in [0.3, 0.4) is 0 Å². The first-order valence-corrected chi connectivity index (χ1v) is 6.92. The van der Waals surface area contributed by atoms with Crippen molar-refractivity contribution in [1.82, 2.24) is 0 Å². The SMILES string of the molecule is FC(F)(F)SCC(Cl)CCCOc1ccccc1.